The number of halogens is 1. The molecule has 0 unspecified atom stereocenters. The first kappa shape index (κ1) is 14.3. The van der Waals surface area contributed by atoms with Gasteiger partial charge in [-0.25, -0.2) is 4.98 Å². The van der Waals surface area contributed by atoms with Crippen molar-refractivity contribution in [3.63, 3.8) is 0 Å². The number of hydrogen-bond acceptors (Lipinski definition) is 3. The molecule has 2 aromatic rings. The maximum Gasteiger partial charge on any atom is 0.265 e. The lowest BCUT2D eigenvalue weighted by Gasteiger charge is -2.05. The highest BCUT2D eigenvalue weighted by Gasteiger charge is 2.07. The van der Waals surface area contributed by atoms with Gasteiger partial charge in [0.05, 0.1) is 11.4 Å². The molecule has 0 fully saturated rings. The molecular weight excluding hydrogens is 324 g/mol. The molecule has 0 aliphatic heterocycles. The van der Waals surface area contributed by atoms with Gasteiger partial charge >= 0.3 is 0 Å². The summed E-state index contributed by atoms with van der Waals surface area (Å²) < 4.78 is 0.541. The minimum atomic E-state index is -0.105. The van der Waals surface area contributed by atoms with Gasteiger partial charge in [0.1, 0.15) is 10.3 Å². The first-order valence-corrected chi connectivity index (χ1v) is 7.85. The van der Waals surface area contributed by atoms with E-state index in [1.54, 1.807) is 11.8 Å². The summed E-state index contributed by atoms with van der Waals surface area (Å²) in [5, 5.41) is 0. The number of rotatable bonds is 4. The molecule has 1 N–H and O–H groups in total. The van der Waals surface area contributed by atoms with Gasteiger partial charge in [0.15, 0.2) is 0 Å². The molecule has 1 heterocycles. The van der Waals surface area contributed by atoms with E-state index in [0.29, 0.717) is 10.2 Å². The Morgan fingerprint density at radius 2 is 2.00 bits per heavy atom. The van der Waals surface area contributed by atoms with Crippen molar-refractivity contribution in [1.29, 1.82) is 0 Å². The van der Waals surface area contributed by atoms with E-state index < -0.39 is 0 Å². The summed E-state index contributed by atoms with van der Waals surface area (Å²) in [4.78, 5) is 20.2. The molecule has 0 spiro atoms. The molecule has 1 aromatic carbocycles. The second-order valence-corrected chi connectivity index (χ2v) is 6.07. The SMILES string of the molecule is CCc1nc(CSc2ccc(C)cc2)[nH]c(=O)c1Br. The van der Waals surface area contributed by atoms with Crippen LogP contribution in [0, 0.1) is 6.92 Å². The van der Waals surface area contributed by atoms with Crippen molar-refractivity contribution in [3.8, 4) is 0 Å². The molecule has 0 aliphatic rings. The molecule has 5 heteroatoms. The highest BCUT2D eigenvalue weighted by Crippen LogP contribution is 2.22. The number of benzene rings is 1. The van der Waals surface area contributed by atoms with Gasteiger partial charge in [-0.3, -0.25) is 4.79 Å². The third-order valence-electron chi connectivity index (χ3n) is 2.71. The molecule has 3 nitrogen and oxygen atoms in total. The van der Waals surface area contributed by atoms with Crippen LogP contribution in [0.1, 0.15) is 24.0 Å². The molecule has 0 saturated heterocycles. The van der Waals surface area contributed by atoms with Crippen molar-refractivity contribution >= 4 is 27.7 Å². The average molecular weight is 339 g/mol. The van der Waals surface area contributed by atoms with E-state index in [-0.39, 0.29) is 5.56 Å². The number of nitrogens with zero attached hydrogens (tertiary/aromatic N) is 1. The summed E-state index contributed by atoms with van der Waals surface area (Å²) >= 11 is 4.93. The van der Waals surface area contributed by atoms with Gasteiger partial charge < -0.3 is 4.98 Å². The van der Waals surface area contributed by atoms with E-state index in [2.05, 4.69) is 57.1 Å². The van der Waals surface area contributed by atoms with Crippen molar-refractivity contribution in [2.24, 2.45) is 0 Å². The van der Waals surface area contributed by atoms with E-state index in [4.69, 9.17) is 0 Å². The van der Waals surface area contributed by atoms with Crippen LogP contribution < -0.4 is 5.56 Å². The Labute approximate surface area is 125 Å². The summed E-state index contributed by atoms with van der Waals surface area (Å²) in [7, 11) is 0. The van der Waals surface area contributed by atoms with Crippen LogP contribution in [0.15, 0.2) is 38.4 Å². The lowest BCUT2D eigenvalue weighted by molar-refractivity contribution is 0.906. The van der Waals surface area contributed by atoms with E-state index in [1.165, 1.54) is 10.5 Å². The normalized spacial score (nSPS) is 10.7. The minimum absolute atomic E-state index is 0.105. The first-order chi connectivity index (χ1) is 9.10. The Bertz CT molecular complexity index is 622. The fourth-order valence-corrected chi connectivity index (χ4v) is 2.88. The van der Waals surface area contributed by atoms with Crippen LogP contribution in [0.2, 0.25) is 0 Å². The lowest BCUT2D eigenvalue weighted by atomic mass is 10.2. The Morgan fingerprint density at radius 3 is 2.63 bits per heavy atom. The topological polar surface area (TPSA) is 45.8 Å². The molecule has 0 aliphatic carbocycles. The maximum absolute atomic E-state index is 11.7. The second kappa shape index (κ2) is 6.39. The van der Waals surface area contributed by atoms with Gasteiger partial charge in [-0.15, -0.1) is 11.8 Å². The van der Waals surface area contributed by atoms with Crippen LogP contribution in [0.5, 0.6) is 0 Å². The van der Waals surface area contributed by atoms with Gasteiger partial charge in [0.25, 0.3) is 5.56 Å². The molecule has 0 saturated carbocycles. The minimum Gasteiger partial charge on any atom is -0.309 e. The molecule has 19 heavy (non-hydrogen) atoms. The largest absolute Gasteiger partial charge is 0.309 e. The monoisotopic (exact) mass is 338 g/mol. The van der Waals surface area contributed by atoms with Gasteiger partial charge in [-0.05, 0) is 41.4 Å². The van der Waals surface area contributed by atoms with E-state index in [0.717, 1.165) is 17.9 Å². The molecule has 0 radical (unpaired) electrons. The van der Waals surface area contributed by atoms with Crippen molar-refractivity contribution in [3.05, 3.63) is 56.2 Å². The second-order valence-electron chi connectivity index (χ2n) is 4.23. The summed E-state index contributed by atoms with van der Waals surface area (Å²) in [6, 6.07) is 8.32. The Morgan fingerprint density at radius 1 is 1.32 bits per heavy atom. The zero-order valence-corrected chi connectivity index (χ0v) is 13.3. The fourth-order valence-electron chi connectivity index (χ4n) is 1.65. The summed E-state index contributed by atoms with van der Waals surface area (Å²) in [5.41, 5.74) is 1.95. The number of thioether (sulfide) groups is 1. The van der Waals surface area contributed by atoms with Gasteiger partial charge in [0.2, 0.25) is 0 Å². The van der Waals surface area contributed by atoms with E-state index >= 15 is 0 Å². The molecular formula is C14H15BrN2OS. The van der Waals surface area contributed by atoms with Crippen LogP contribution in [0.25, 0.3) is 0 Å². The summed E-state index contributed by atoms with van der Waals surface area (Å²) in [6.07, 6.45) is 0.743. The summed E-state index contributed by atoms with van der Waals surface area (Å²) in [5.74, 6) is 1.38. The zero-order valence-electron chi connectivity index (χ0n) is 10.9. The molecule has 0 bridgehead atoms. The molecule has 0 amide bonds. The lowest BCUT2D eigenvalue weighted by Crippen LogP contribution is -2.14. The van der Waals surface area contributed by atoms with Crippen LogP contribution >= 0.6 is 27.7 Å². The smallest absolute Gasteiger partial charge is 0.265 e. The van der Waals surface area contributed by atoms with Crippen molar-refractivity contribution in [2.45, 2.75) is 30.9 Å². The van der Waals surface area contributed by atoms with E-state index in [1.807, 2.05) is 6.92 Å². The number of hydrogen-bond donors (Lipinski definition) is 1. The number of aromatic amines is 1. The average Bonchev–Trinajstić information content (AvgIpc) is 2.41. The highest BCUT2D eigenvalue weighted by atomic mass is 79.9. The molecule has 1 aromatic heterocycles. The fraction of sp³-hybridized carbons (Fsp3) is 0.286. The highest BCUT2D eigenvalue weighted by molar-refractivity contribution is 9.10. The number of H-pyrrole nitrogens is 1. The van der Waals surface area contributed by atoms with Crippen LogP contribution in [0.3, 0.4) is 0 Å². The van der Waals surface area contributed by atoms with Crippen molar-refractivity contribution in [1.82, 2.24) is 9.97 Å². The first-order valence-electron chi connectivity index (χ1n) is 6.07. The summed E-state index contributed by atoms with van der Waals surface area (Å²) in [6.45, 7) is 4.05. The van der Waals surface area contributed by atoms with Crippen LogP contribution in [-0.2, 0) is 12.2 Å². The number of aryl methyl sites for hydroxylation is 2. The third-order valence-corrected chi connectivity index (χ3v) is 4.55. The predicted octanol–water partition coefficient (Wildman–Crippen LogP) is 3.70. The Balaban J connectivity index is 2.13. The van der Waals surface area contributed by atoms with Gasteiger partial charge in [-0.1, -0.05) is 24.6 Å². The van der Waals surface area contributed by atoms with Gasteiger partial charge in [-0.2, -0.15) is 0 Å². The van der Waals surface area contributed by atoms with Gasteiger partial charge in [0, 0.05) is 4.90 Å². The van der Waals surface area contributed by atoms with Crippen LogP contribution in [0.4, 0.5) is 0 Å². The third kappa shape index (κ3) is 3.70. The molecule has 0 atom stereocenters. The van der Waals surface area contributed by atoms with Crippen molar-refractivity contribution < 1.29 is 0 Å². The Kier molecular flexibility index (Phi) is 4.82. The number of nitrogens with one attached hydrogen (secondary N) is 1. The quantitative estimate of drug-likeness (QED) is 0.864. The zero-order chi connectivity index (χ0) is 13.8. The number of aromatic nitrogens is 2. The maximum atomic E-state index is 11.7. The standard InChI is InChI=1S/C14H15BrN2OS/c1-3-11-13(15)14(18)17-12(16-11)8-19-10-6-4-9(2)5-7-10/h4-7H,3,8H2,1-2H3,(H,16,17,18). The van der Waals surface area contributed by atoms with Crippen molar-refractivity contribution in [2.75, 3.05) is 0 Å². The predicted molar refractivity (Wildman–Crippen MR) is 82.7 cm³/mol. The van der Waals surface area contributed by atoms with Crippen LogP contribution in [-0.4, -0.2) is 9.97 Å². The molecule has 100 valence electrons. The Hall–Kier alpha value is -1.07. The molecule has 2 rings (SSSR count). The van der Waals surface area contributed by atoms with E-state index in [9.17, 15) is 4.79 Å².